The number of benzene rings is 1. The molecule has 4 nitrogen and oxygen atoms in total. The van der Waals surface area contributed by atoms with E-state index in [9.17, 15) is 4.79 Å². The minimum atomic E-state index is 0.245. The van der Waals surface area contributed by atoms with Crippen molar-refractivity contribution in [3.05, 3.63) is 35.9 Å². The van der Waals surface area contributed by atoms with E-state index >= 15 is 0 Å². The molecular formula is C20H31N3O. The molecule has 1 aliphatic heterocycles. The fourth-order valence-corrected chi connectivity index (χ4v) is 4.00. The first-order valence-electron chi connectivity index (χ1n) is 9.21. The summed E-state index contributed by atoms with van der Waals surface area (Å²) in [6.07, 6.45) is 3.43. The molecule has 0 unspecified atom stereocenters. The topological polar surface area (TPSA) is 26.8 Å². The van der Waals surface area contributed by atoms with Gasteiger partial charge in [0.1, 0.15) is 0 Å². The molecule has 2 fully saturated rings. The van der Waals surface area contributed by atoms with E-state index in [-0.39, 0.29) is 5.91 Å². The van der Waals surface area contributed by atoms with Crippen LogP contribution in [0, 0.1) is 11.8 Å². The van der Waals surface area contributed by atoms with E-state index in [0.29, 0.717) is 19.0 Å². The SMILES string of the molecule is CN(Cc1ccccc1)C(=O)CCN1C[C@@H](N(C)C)[C@H](C2CC2)C1. The van der Waals surface area contributed by atoms with E-state index in [1.807, 2.05) is 30.1 Å². The summed E-state index contributed by atoms with van der Waals surface area (Å²) in [7, 11) is 6.31. The summed E-state index contributed by atoms with van der Waals surface area (Å²) in [5, 5.41) is 0. The van der Waals surface area contributed by atoms with Crippen LogP contribution in [-0.4, -0.2) is 67.4 Å². The van der Waals surface area contributed by atoms with Crippen LogP contribution in [-0.2, 0) is 11.3 Å². The number of hydrogen-bond acceptors (Lipinski definition) is 3. The molecule has 4 heteroatoms. The first kappa shape index (κ1) is 17.4. The number of amides is 1. The molecule has 0 aromatic heterocycles. The van der Waals surface area contributed by atoms with Crippen molar-refractivity contribution >= 4 is 5.91 Å². The molecule has 2 aliphatic rings. The molecule has 1 heterocycles. The second-order valence-corrected chi connectivity index (χ2v) is 7.78. The van der Waals surface area contributed by atoms with Gasteiger partial charge >= 0.3 is 0 Å². The molecule has 0 N–H and O–H groups in total. The Hall–Kier alpha value is -1.39. The number of likely N-dealkylation sites (tertiary alicyclic amines) is 1. The number of carbonyl (C=O) groups excluding carboxylic acids is 1. The van der Waals surface area contributed by atoms with Gasteiger partial charge in [0, 0.05) is 45.7 Å². The molecule has 1 aromatic rings. The van der Waals surface area contributed by atoms with Gasteiger partial charge in [-0.25, -0.2) is 0 Å². The second kappa shape index (κ2) is 7.66. The van der Waals surface area contributed by atoms with E-state index in [1.54, 1.807) is 0 Å². The molecule has 132 valence electrons. The van der Waals surface area contributed by atoms with Gasteiger partial charge in [-0.2, -0.15) is 0 Å². The van der Waals surface area contributed by atoms with Crippen LogP contribution < -0.4 is 0 Å². The first-order chi connectivity index (χ1) is 11.5. The average Bonchev–Trinajstić information content (AvgIpc) is 3.32. The Bertz CT molecular complexity index is 531. The van der Waals surface area contributed by atoms with Crippen LogP contribution >= 0.6 is 0 Å². The Morgan fingerprint density at radius 2 is 1.83 bits per heavy atom. The molecule has 0 radical (unpaired) electrons. The van der Waals surface area contributed by atoms with Gasteiger partial charge in [-0.15, -0.1) is 0 Å². The van der Waals surface area contributed by atoms with Crippen LogP contribution in [0.5, 0.6) is 0 Å². The van der Waals surface area contributed by atoms with Gasteiger partial charge in [-0.1, -0.05) is 30.3 Å². The lowest BCUT2D eigenvalue weighted by atomic mass is 9.97. The van der Waals surface area contributed by atoms with Crippen molar-refractivity contribution in [2.24, 2.45) is 11.8 Å². The predicted molar refractivity (Wildman–Crippen MR) is 97.7 cm³/mol. The first-order valence-corrected chi connectivity index (χ1v) is 9.21. The standard InChI is InChI=1S/C20H31N3O/c1-21(2)19-15-23(14-18(19)17-9-10-17)12-11-20(24)22(3)13-16-7-5-4-6-8-16/h4-8,17-19H,9-15H2,1-3H3/t18-,19+/m0/s1. The monoisotopic (exact) mass is 329 g/mol. The maximum Gasteiger partial charge on any atom is 0.223 e. The number of nitrogens with zero attached hydrogens (tertiary/aromatic N) is 3. The van der Waals surface area contributed by atoms with Crippen molar-refractivity contribution in [1.29, 1.82) is 0 Å². The minimum absolute atomic E-state index is 0.245. The van der Waals surface area contributed by atoms with E-state index < -0.39 is 0 Å². The Morgan fingerprint density at radius 3 is 2.46 bits per heavy atom. The molecule has 1 aromatic carbocycles. The molecular weight excluding hydrogens is 298 g/mol. The summed E-state index contributed by atoms with van der Waals surface area (Å²) in [4.78, 5) is 19.2. The smallest absolute Gasteiger partial charge is 0.223 e. The molecule has 24 heavy (non-hydrogen) atoms. The quantitative estimate of drug-likeness (QED) is 0.768. The highest BCUT2D eigenvalue weighted by Crippen LogP contribution is 2.42. The number of carbonyl (C=O) groups is 1. The zero-order valence-corrected chi connectivity index (χ0v) is 15.3. The van der Waals surface area contributed by atoms with Crippen LogP contribution in [0.15, 0.2) is 30.3 Å². The average molecular weight is 329 g/mol. The summed E-state index contributed by atoms with van der Waals surface area (Å²) < 4.78 is 0. The van der Waals surface area contributed by atoms with Crippen LogP contribution in [0.25, 0.3) is 0 Å². The third-order valence-electron chi connectivity index (χ3n) is 5.63. The molecule has 2 atom stereocenters. The molecule has 1 saturated carbocycles. The normalized spacial score (nSPS) is 24.5. The van der Waals surface area contributed by atoms with Crippen LogP contribution in [0.4, 0.5) is 0 Å². The Kier molecular flexibility index (Phi) is 5.57. The zero-order chi connectivity index (χ0) is 17.1. The van der Waals surface area contributed by atoms with E-state index in [4.69, 9.17) is 0 Å². The number of rotatable bonds is 7. The highest BCUT2D eigenvalue weighted by atomic mass is 16.2. The third kappa shape index (κ3) is 4.37. The van der Waals surface area contributed by atoms with E-state index in [0.717, 1.165) is 24.9 Å². The van der Waals surface area contributed by atoms with Crippen LogP contribution in [0.3, 0.4) is 0 Å². The van der Waals surface area contributed by atoms with Gasteiger partial charge in [-0.05, 0) is 44.3 Å². The molecule has 1 aliphatic carbocycles. The van der Waals surface area contributed by atoms with E-state index in [1.165, 1.54) is 24.9 Å². The molecule has 0 bridgehead atoms. The van der Waals surface area contributed by atoms with Crippen molar-refractivity contribution in [3.8, 4) is 0 Å². The van der Waals surface area contributed by atoms with Gasteiger partial charge < -0.3 is 14.7 Å². The Labute approximate surface area is 146 Å². The van der Waals surface area contributed by atoms with Gasteiger partial charge in [0.05, 0.1) is 0 Å². The summed E-state index contributed by atoms with van der Waals surface area (Å²) >= 11 is 0. The molecule has 0 spiro atoms. The van der Waals surface area contributed by atoms with Crippen molar-refractivity contribution in [2.75, 3.05) is 40.8 Å². The third-order valence-corrected chi connectivity index (χ3v) is 5.63. The van der Waals surface area contributed by atoms with Crippen molar-refractivity contribution in [1.82, 2.24) is 14.7 Å². The van der Waals surface area contributed by atoms with Crippen molar-refractivity contribution in [3.63, 3.8) is 0 Å². The minimum Gasteiger partial charge on any atom is -0.341 e. The molecule has 1 saturated heterocycles. The highest BCUT2D eigenvalue weighted by molar-refractivity contribution is 5.76. The highest BCUT2D eigenvalue weighted by Gasteiger charge is 2.43. The fourth-order valence-electron chi connectivity index (χ4n) is 4.00. The van der Waals surface area contributed by atoms with Crippen LogP contribution in [0.1, 0.15) is 24.8 Å². The summed E-state index contributed by atoms with van der Waals surface area (Å²) in [6.45, 7) is 3.88. The lowest BCUT2D eigenvalue weighted by Crippen LogP contribution is -2.36. The largest absolute Gasteiger partial charge is 0.341 e. The predicted octanol–water partition coefficient (Wildman–Crippen LogP) is 2.31. The van der Waals surface area contributed by atoms with Gasteiger partial charge in [0.15, 0.2) is 0 Å². The second-order valence-electron chi connectivity index (χ2n) is 7.78. The molecule has 1 amide bonds. The summed E-state index contributed by atoms with van der Waals surface area (Å²) in [5.74, 6) is 1.98. The van der Waals surface area contributed by atoms with Crippen molar-refractivity contribution in [2.45, 2.75) is 31.8 Å². The van der Waals surface area contributed by atoms with Crippen molar-refractivity contribution < 1.29 is 4.79 Å². The lowest BCUT2D eigenvalue weighted by molar-refractivity contribution is -0.130. The summed E-state index contributed by atoms with van der Waals surface area (Å²) in [5.41, 5.74) is 1.19. The molecule has 3 rings (SSSR count). The summed E-state index contributed by atoms with van der Waals surface area (Å²) in [6, 6.07) is 10.9. The van der Waals surface area contributed by atoms with Crippen LogP contribution in [0.2, 0.25) is 0 Å². The van der Waals surface area contributed by atoms with Gasteiger partial charge in [-0.3, -0.25) is 4.79 Å². The number of likely N-dealkylation sites (N-methyl/N-ethyl adjacent to an activating group) is 1. The van der Waals surface area contributed by atoms with Gasteiger partial charge in [0.25, 0.3) is 0 Å². The zero-order valence-electron chi connectivity index (χ0n) is 15.3. The maximum absolute atomic E-state index is 12.4. The Balaban J connectivity index is 1.46. The lowest BCUT2D eigenvalue weighted by Gasteiger charge is -2.25. The number of hydrogen-bond donors (Lipinski definition) is 0. The van der Waals surface area contributed by atoms with E-state index in [2.05, 4.69) is 36.0 Å². The maximum atomic E-state index is 12.4. The Morgan fingerprint density at radius 1 is 1.12 bits per heavy atom. The fraction of sp³-hybridized carbons (Fsp3) is 0.650. The van der Waals surface area contributed by atoms with Gasteiger partial charge in [0.2, 0.25) is 5.91 Å².